The highest BCUT2D eigenvalue weighted by Gasteiger charge is 2.22. The molecular weight excluding hydrogens is 522 g/mol. The third kappa shape index (κ3) is 4.33. The maximum Gasteiger partial charge on any atom is 0.271 e. The van der Waals surface area contributed by atoms with E-state index in [1.807, 2.05) is 23.1 Å². The van der Waals surface area contributed by atoms with Crippen LogP contribution in [0.25, 0.3) is 22.2 Å². The first kappa shape index (κ1) is 22.3. The van der Waals surface area contributed by atoms with Crippen molar-refractivity contribution in [2.24, 2.45) is 10.2 Å². The summed E-state index contributed by atoms with van der Waals surface area (Å²) in [6, 6.07) is 14.8. The average Bonchev–Trinajstić information content (AvgIpc) is 3.17. The van der Waals surface area contributed by atoms with E-state index in [2.05, 4.69) is 47.2 Å². The van der Waals surface area contributed by atoms with Crippen LogP contribution in [0.3, 0.4) is 0 Å². The number of nitrogens with zero attached hydrogens (tertiary/aromatic N) is 6. The molecule has 0 radical (unpaired) electrons. The smallest absolute Gasteiger partial charge is 0.271 e. The van der Waals surface area contributed by atoms with Crippen molar-refractivity contribution >= 4 is 55.9 Å². The van der Waals surface area contributed by atoms with Crippen molar-refractivity contribution in [3.05, 3.63) is 57.5 Å². The minimum absolute atomic E-state index is 0.0641. The number of hydrogen-bond donors (Lipinski definition) is 2. The summed E-state index contributed by atoms with van der Waals surface area (Å²) in [6.45, 7) is 2.22. The summed E-state index contributed by atoms with van der Waals surface area (Å²) in [5, 5.41) is 30.1. The molecule has 0 bridgehead atoms. The molecule has 4 aromatic rings. The number of anilines is 1. The number of azo groups is 1. The van der Waals surface area contributed by atoms with Gasteiger partial charge in [0.1, 0.15) is 11.6 Å². The van der Waals surface area contributed by atoms with Crippen LogP contribution in [-0.4, -0.2) is 46.4 Å². The third-order valence-electron chi connectivity index (χ3n) is 5.37. The Hall–Kier alpha value is -3.52. The molecule has 0 atom stereocenters. The molecule has 34 heavy (non-hydrogen) atoms. The number of hydrogen-bond acceptors (Lipinski definition) is 8. The minimum atomic E-state index is -0.114. The number of aromatic nitrogens is 3. The van der Waals surface area contributed by atoms with Gasteiger partial charge in [-0.25, -0.2) is 4.98 Å². The highest BCUT2D eigenvalue weighted by molar-refractivity contribution is 9.10. The first-order valence-corrected chi connectivity index (χ1v) is 11.5. The van der Waals surface area contributed by atoms with Crippen molar-refractivity contribution < 1.29 is 9.84 Å². The van der Waals surface area contributed by atoms with Crippen LogP contribution < -0.4 is 4.90 Å². The summed E-state index contributed by atoms with van der Waals surface area (Å²) in [5.41, 5.74) is 2.45. The van der Waals surface area contributed by atoms with Gasteiger partial charge in [0.15, 0.2) is 11.5 Å². The van der Waals surface area contributed by atoms with Gasteiger partial charge in [-0.05, 0) is 30.3 Å². The molecule has 0 unspecified atom stereocenters. The van der Waals surface area contributed by atoms with E-state index in [-0.39, 0.29) is 17.5 Å². The molecule has 0 amide bonds. The zero-order valence-electron chi connectivity index (χ0n) is 17.7. The van der Waals surface area contributed by atoms with Gasteiger partial charge < -0.3 is 19.7 Å². The predicted octanol–water partition coefficient (Wildman–Crippen LogP) is 5.87. The van der Waals surface area contributed by atoms with E-state index >= 15 is 0 Å². The number of nitriles is 1. The molecule has 11 heteroatoms. The molecule has 2 N–H and O–H groups in total. The number of aromatic hydroxyl groups is 1. The lowest BCUT2D eigenvalue weighted by Crippen LogP contribution is -2.37. The normalized spacial score (nSPS) is 14.1. The van der Waals surface area contributed by atoms with Crippen molar-refractivity contribution in [2.75, 3.05) is 31.2 Å². The number of H-pyrrole nitrogens is 1. The highest BCUT2D eigenvalue weighted by Crippen LogP contribution is 2.38. The van der Waals surface area contributed by atoms with Gasteiger partial charge in [0, 0.05) is 33.5 Å². The second-order valence-electron chi connectivity index (χ2n) is 7.50. The summed E-state index contributed by atoms with van der Waals surface area (Å²) in [4.78, 5) is 13.9. The van der Waals surface area contributed by atoms with Crippen molar-refractivity contribution in [1.29, 1.82) is 5.26 Å². The van der Waals surface area contributed by atoms with Crippen LogP contribution in [0, 0.1) is 11.3 Å². The first-order valence-electron chi connectivity index (χ1n) is 10.4. The fraction of sp³-hybridized carbons (Fsp3) is 0.174. The predicted molar refractivity (Wildman–Crippen MR) is 132 cm³/mol. The van der Waals surface area contributed by atoms with E-state index in [4.69, 9.17) is 16.3 Å². The number of rotatable bonds is 4. The Morgan fingerprint density at radius 2 is 1.88 bits per heavy atom. The van der Waals surface area contributed by atoms with Crippen molar-refractivity contribution in [2.45, 2.75) is 0 Å². The van der Waals surface area contributed by atoms with Gasteiger partial charge in [0.25, 0.3) is 5.95 Å². The molecule has 0 saturated carbocycles. The summed E-state index contributed by atoms with van der Waals surface area (Å²) in [7, 11) is 0. The monoisotopic (exact) mass is 537 g/mol. The van der Waals surface area contributed by atoms with Crippen LogP contribution >= 0.6 is 27.5 Å². The molecule has 1 aliphatic rings. The van der Waals surface area contributed by atoms with Gasteiger partial charge in [-0.1, -0.05) is 39.7 Å². The van der Waals surface area contributed by atoms with Gasteiger partial charge >= 0.3 is 0 Å². The Balaban J connectivity index is 1.64. The van der Waals surface area contributed by atoms with Gasteiger partial charge in [-0.2, -0.15) is 10.2 Å². The second kappa shape index (κ2) is 9.38. The lowest BCUT2D eigenvalue weighted by molar-refractivity contribution is 0.122. The Morgan fingerprint density at radius 1 is 1.12 bits per heavy atom. The van der Waals surface area contributed by atoms with Gasteiger partial charge in [0.2, 0.25) is 5.88 Å². The number of morpholine rings is 1. The Bertz CT molecular complexity index is 1440. The lowest BCUT2D eigenvalue weighted by Gasteiger charge is -2.28. The van der Waals surface area contributed by atoms with E-state index in [0.717, 1.165) is 4.47 Å². The van der Waals surface area contributed by atoms with Gasteiger partial charge in [0.05, 0.1) is 24.4 Å². The molecule has 0 aliphatic carbocycles. The molecule has 2 aromatic heterocycles. The van der Waals surface area contributed by atoms with Crippen LogP contribution in [0.2, 0.25) is 5.02 Å². The van der Waals surface area contributed by atoms with E-state index in [9.17, 15) is 10.4 Å². The van der Waals surface area contributed by atoms with Crippen molar-refractivity contribution in [1.82, 2.24) is 15.0 Å². The fourth-order valence-electron chi connectivity index (χ4n) is 3.74. The lowest BCUT2D eigenvalue weighted by atomic mass is 10.1. The number of nitrogens with one attached hydrogen (secondary N) is 1. The molecule has 9 nitrogen and oxygen atoms in total. The molecule has 1 aliphatic heterocycles. The molecule has 0 spiro atoms. The maximum atomic E-state index is 10.4. The Kier molecular flexibility index (Phi) is 6.15. The van der Waals surface area contributed by atoms with Crippen molar-refractivity contribution in [3.63, 3.8) is 0 Å². The zero-order valence-corrected chi connectivity index (χ0v) is 20.0. The maximum absolute atomic E-state index is 10.4. The fourth-order valence-corrected chi connectivity index (χ4v) is 4.22. The third-order valence-corrected chi connectivity index (χ3v) is 6.12. The summed E-state index contributed by atoms with van der Waals surface area (Å²) in [5.74, 6) is 0.414. The molecule has 2 aromatic carbocycles. The molecular formula is C23H17BrClN7O2. The molecule has 5 rings (SSSR count). The molecule has 170 valence electrons. The van der Waals surface area contributed by atoms with E-state index in [0.29, 0.717) is 64.9 Å². The van der Waals surface area contributed by atoms with Crippen LogP contribution in [0.1, 0.15) is 5.56 Å². The Labute approximate surface area is 207 Å². The van der Waals surface area contributed by atoms with E-state index < -0.39 is 0 Å². The van der Waals surface area contributed by atoms with Crippen molar-refractivity contribution in [3.8, 4) is 23.2 Å². The topological polar surface area (TPSA) is 123 Å². The van der Waals surface area contributed by atoms with Crippen LogP contribution in [0.4, 0.5) is 17.5 Å². The number of fused-ring (bicyclic) bond motifs is 1. The summed E-state index contributed by atoms with van der Waals surface area (Å²) in [6.07, 6.45) is 0. The Morgan fingerprint density at radius 3 is 2.62 bits per heavy atom. The molecule has 1 fully saturated rings. The molecule has 1 saturated heterocycles. The van der Waals surface area contributed by atoms with Gasteiger partial charge in [-0.3, -0.25) is 0 Å². The number of halogens is 2. The SMILES string of the molecule is N#Cc1c(-c2ccc(Cl)cc2)nc(N=Nc2c(O)[nH]c3ccc(Br)cc23)nc1N1CCOCC1. The largest absolute Gasteiger partial charge is 0.493 e. The second-order valence-corrected chi connectivity index (χ2v) is 8.85. The van der Waals surface area contributed by atoms with Crippen LogP contribution in [-0.2, 0) is 4.74 Å². The highest BCUT2D eigenvalue weighted by atomic mass is 79.9. The number of benzene rings is 2. The summed E-state index contributed by atoms with van der Waals surface area (Å²) < 4.78 is 6.29. The number of ether oxygens (including phenoxy) is 1. The van der Waals surface area contributed by atoms with E-state index in [1.54, 1.807) is 24.3 Å². The first-order chi connectivity index (χ1) is 16.5. The van der Waals surface area contributed by atoms with Crippen LogP contribution in [0.5, 0.6) is 5.88 Å². The quantitative estimate of drug-likeness (QED) is 0.313. The van der Waals surface area contributed by atoms with Crippen LogP contribution in [0.15, 0.2) is 57.2 Å². The summed E-state index contributed by atoms with van der Waals surface area (Å²) >= 11 is 9.49. The van der Waals surface area contributed by atoms with E-state index in [1.165, 1.54) is 0 Å². The minimum Gasteiger partial charge on any atom is -0.493 e. The number of aromatic amines is 1. The molecule has 3 heterocycles. The average molecular weight is 539 g/mol. The van der Waals surface area contributed by atoms with Gasteiger partial charge in [-0.15, -0.1) is 10.2 Å². The zero-order chi connectivity index (χ0) is 23.7. The standard InChI is InChI=1S/C23H17BrClN7O2/c24-14-3-6-18-16(11-14)20(22(33)27-18)30-31-23-28-19(13-1-4-15(25)5-2-13)17(12-26)21(29-23)32-7-9-34-10-8-32/h1-6,11,27,33H,7-10H2.